The summed E-state index contributed by atoms with van der Waals surface area (Å²) in [7, 11) is 0. The number of carbonyl (C=O) groups is 2. The lowest BCUT2D eigenvalue weighted by Crippen LogP contribution is -2.11. The molecule has 0 saturated heterocycles. The van der Waals surface area contributed by atoms with Gasteiger partial charge in [0.1, 0.15) is 6.73 Å². The minimum absolute atomic E-state index is 0.0669. The third-order valence-corrected chi connectivity index (χ3v) is 2.27. The van der Waals surface area contributed by atoms with Gasteiger partial charge in [0.05, 0.1) is 6.61 Å². The van der Waals surface area contributed by atoms with Crippen LogP contribution >= 0.6 is 0 Å². The first-order chi connectivity index (χ1) is 8.20. The Morgan fingerprint density at radius 3 is 2.06 bits per heavy atom. The number of ether oxygens (including phenoxy) is 2. The SMILES string of the molecule is CCCCOC(=O)CCCCCC(=O)OCN. The maximum atomic E-state index is 11.2. The number of carbonyl (C=O) groups excluding carboxylic acids is 2. The zero-order chi connectivity index (χ0) is 12.9. The molecule has 17 heavy (non-hydrogen) atoms. The lowest BCUT2D eigenvalue weighted by Gasteiger charge is -2.04. The summed E-state index contributed by atoms with van der Waals surface area (Å²) in [6.07, 6.45) is 5.02. The summed E-state index contributed by atoms with van der Waals surface area (Å²) in [5.41, 5.74) is 5.05. The van der Waals surface area contributed by atoms with Gasteiger partial charge in [0, 0.05) is 12.8 Å². The van der Waals surface area contributed by atoms with Gasteiger partial charge in [-0.05, 0) is 19.3 Å². The molecule has 0 radical (unpaired) electrons. The van der Waals surface area contributed by atoms with E-state index in [4.69, 9.17) is 10.5 Å². The van der Waals surface area contributed by atoms with Gasteiger partial charge in [-0.3, -0.25) is 15.3 Å². The first-order valence-electron chi connectivity index (χ1n) is 6.22. The molecular formula is C12H23NO4. The molecule has 0 spiro atoms. The number of hydrogen-bond acceptors (Lipinski definition) is 5. The highest BCUT2D eigenvalue weighted by Crippen LogP contribution is 2.05. The number of rotatable bonds is 10. The second-order valence-corrected chi connectivity index (χ2v) is 3.82. The molecule has 0 aliphatic carbocycles. The molecule has 0 aromatic carbocycles. The standard InChI is InChI=1S/C12H23NO4/c1-2-3-9-16-11(14)7-5-4-6-8-12(15)17-10-13/h2-10,13H2,1H3. The van der Waals surface area contributed by atoms with Crippen molar-refractivity contribution in [3.63, 3.8) is 0 Å². The van der Waals surface area contributed by atoms with E-state index in [0.717, 1.165) is 32.1 Å². The highest BCUT2D eigenvalue weighted by molar-refractivity contribution is 5.69. The fraction of sp³-hybridized carbons (Fsp3) is 0.833. The van der Waals surface area contributed by atoms with E-state index >= 15 is 0 Å². The zero-order valence-corrected chi connectivity index (χ0v) is 10.6. The maximum Gasteiger partial charge on any atom is 0.307 e. The second-order valence-electron chi connectivity index (χ2n) is 3.82. The van der Waals surface area contributed by atoms with Gasteiger partial charge in [0.15, 0.2) is 0 Å². The predicted molar refractivity (Wildman–Crippen MR) is 64.1 cm³/mol. The van der Waals surface area contributed by atoms with Gasteiger partial charge in [0.2, 0.25) is 0 Å². The second kappa shape index (κ2) is 11.4. The van der Waals surface area contributed by atoms with Crippen LogP contribution in [0.3, 0.4) is 0 Å². The molecule has 0 unspecified atom stereocenters. The lowest BCUT2D eigenvalue weighted by molar-refractivity contribution is -0.144. The van der Waals surface area contributed by atoms with Crippen molar-refractivity contribution in [1.82, 2.24) is 0 Å². The van der Waals surface area contributed by atoms with Crippen molar-refractivity contribution in [2.75, 3.05) is 13.3 Å². The molecule has 0 aliphatic rings. The van der Waals surface area contributed by atoms with E-state index < -0.39 is 0 Å². The van der Waals surface area contributed by atoms with Crippen molar-refractivity contribution in [2.24, 2.45) is 5.73 Å². The van der Waals surface area contributed by atoms with Gasteiger partial charge in [-0.15, -0.1) is 0 Å². The van der Waals surface area contributed by atoms with Crippen LogP contribution in [0.25, 0.3) is 0 Å². The summed E-state index contributed by atoms with van der Waals surface area (Å²) in [4.78, 5) is 22.1. The van der Waals surface area contributed by atoms with E-state index in [1.165, 1.54) is 0 Å². The van der Waals surface area contributed by atoms with Crippen molar-refractivity contribution in [2.45, 2.75) is 51.9 Å². The molecule has 0 bridgehead atoms. The highest BCUT2D eigenvalue weighted by Gasteiger charge is 2.04. The monoisotopic (exact) mass is 245 g/mol. The van der Waals surface area contributed by atoms with Gasteiger partial charge >= 0.3 is 11.9 Å². The minimum atomic E-state index is -0.280. The van der Waals surface area contributed by atoms with E-state index in [1.54, 1.807) is 0 Å². The largest absolute Gasteiger partial charge is 0.466 e. The van der Waals surface area contributed by atoms with Gasteiger partial charge in [-0.25, -0.2) is 0 Å². The van der Waals surface area contributed by atoms with Crippen molar-refractivity contribution < 1.29 is 19.1 Å². The number of nitrogens with two attached hydrogens (primary N) is 1. The van der Waals surface area contributed by atoms with Crippen LogP contribution in [0.4, 0.5) is 0 Å². The fourth-order valence-electron chi connectivity index (χ4n) is 1.28. The van der Waals surface area contributed by atoms with Crippen LogP contribution in [0.5, 0.6) is 0 Å². The molecule has 0 atom stereocenters. The molecule has 0 aromatic heterocycles. The number of esters is 2. The third-order valence-electron chi connectivity index (χ3n) is 2.27. The summed E-state index contributed by atoms with van der Waals surface area (Å²) in [5, 5.41) is 0. The van der Waals surface area contributed by atoms with E-state index in [0.29, 0.717) is 19.4 Å². The molecule has 0 amide bonds. The summed E-state index contributed by atoms with van der Waals surface area (Å²) in [6.45, 7) is 2.50. The molecule has 5 nitrogen and oxygen atoms in total. The smallest absolute Gasteiger partial charge is 0.307 e. The molecule has 0 rings (SSSR count). The molecule has 0 aromatic rings. The average molecular weight is 245 g/mol. The van der Waals surface area contributed by atoms with Crippen LogP contribution < -0.4 is 5.73 Å². The first-order valence-corrected chi connectivity index (χ1v) is 6.22. The van der Waals surface area contributed by atoms with Gasteiger partial charge < -0.3 is 9.47 Å². The molecule has 0 saturated carbocycles. The van der Waals surface area contributed by atoms with Crippen LogP contribution in [0.15, 0.2) is 0 Å². The molecular weight excluding hydrogens is 222 g/mol. The third kappa shape index (κ3) is 11.2. The zero-order valence-electron chi connectivity index (χ0n) is 10.6. The van der Waals surface area contributed by atoms with Crippen LogP contribution in [0.2, 0.25) is 0 Å². The van der Waals surface area contributed by atoms with Gasteiger partial charge in [-0.1, -0.05) is 19.8 Å². The van der Waals surface area contributed by atoms with Gasteiger partial charge in [-0.2, -0.15) is 0 Å². The van der Waals surface area contributed by atoms with E-state index in [2.05, 4.69) is 4.74 Å². The van der Waals surface area contributed by atoms with Crippen LogP contribution in [-0.4, -0.2) is 25.3 Å². The summed E-state index contributed by atoms with van der Waals surface area (Å²) < 4.78 is 9.58. The average Bonchev–Trinajstić information content (AvgIpc) is 2.29. The Labute approximate surface area is 103 Å². The minimum Gasteiger partial charge on any atom is -0.466 e. The fourth-order valence-corrected chi connectivity index (χ4v) is 1.28. The van der Waals surface area contributed by atoms with Crippen LogP contribution in [0, 0.1) is 0 Å². The molecule has 0 heterocycles. The van der Waals surface area contributed by atoms with Crippen molar-refractivity contribution in [3.05, 3.63) is 0 Å². The summed E-state index contributed by atoms with van der Waals surface area (Å²) in [5.74, 6) is -0.430. The normalized spacial score (nSPS) is 10.0. The van der Waals surface area contributed by atoms with E-state index in [-0.39, 0.29) is 18.7 Å². The Bertz CT molecular complexity index is 219. The Morgan fingerprint density at radius 2 is 1.53 bits per heavy atom. The Morgan fingerprint density at radius 1 is 0.941 bits per heavy atom. The van der Waals surface area contributed by atoms with Crippen LogP contribution in [0.1, 0.15) is 51.9 Å². The molecule has 5 heteroatoms. The summed E-state index contributed by atoms with van der Waals surface area (Å²) >= 11 is 0. The number of unbranched alkanes of at least 4 members (excludes halogenated alkanes) is 3. The van der Waals surface area contributed by atoms with E-state index in [9.17, 15) is 9.59 Å². The quantitative estimate of drug-likeness (QED) is 0.360. The van der Waals surface area contributed by atoms with Gasteiger partial charge in [0.25, 0.3) is 0 Å². The van der Waals surface area contributed by atoms with Crippen molar-refractivity contribution in [3.8, 4) is 0 Å². The Kier molecular flexibility index (Phi) is 10.7. The van der Waals surface area contributed by atoms with E-state index in [1.807, 2.05) is 6.92 Å². The topological polar surface area (TPSA) is 78.6 Å². The summed E-state index contributed by atoms with van der Waals surface area (Å²) in [6, 6.07) is 0. The Hall–Kier alpha value is -1.10. The van der Waals surface area contributed by atoms with Crippen LogP contribution in [-0.2, 0) is 19.1 Å². The molecule has 0 aliphatic heterocycles. The molecule has 0 fully saturated rings. The molecule has 2 N–H and O–H groups in total. The van der Waals surface area contributed by atoms with Crippen molar-refractivity contribution >= 4 is 11.9 Å². The maximum absolute atomic E-state index is 11.2. The highest BCUT2D eigenvalue weighted by atomic mass is 16.5. The lowest BCUT2D eigenvalue weighted by atomic mass is 10.1. The first kappa shape index (κ1) is 15.9. The van der Waals surface area contributed by atoms with Crippen molar-refractivity contribution in [1.29, 1.82) is 0 Å². The Balaban J connectivity index is 3.27. The number of hydrogen-bond donors (Lipinski definition) is 1. The molecule has 100 valence electrons. The predicted octanol–water partition coefficient (Wildman–Crippen LogP) is 1.74.